The molecule has 0 bridgehead atoms. The van der Waals surface area contributed by atoms with Crippen molar-refractivity contribution in [1.29, 1.82) is 0 Å². The number of hydrogen-bond donors (Lipinski definition) is 1. The van der Waals surface area contributed by atoms with E-state index in [1.54, 1.807) is 41.3 Å². The number of para-hydroxylation sites is 1. The predicted octanol–water partition coefficient (Wildman–Crippen LogP) is 5.07. The van der Waals surface area contributed by atoms with Crippen molar-refractivity contribution >= 4 is 17.5 Å². The second kappa shape index (κ2) is 9.99. The summed E-state index contributed by atoms with van der Waals surface area (Å²) >= 11 is 0. The molecule has 1 aromatic heterocycles. The van der Waals surface area contributed by atoms with Gasteiger partial charge in [0.2, 0.25) is 11.8 Å². The van der Waals surface area contributed by atoms with Crippen LogP contribution in [-0.2, 0) is 4.79 Å². The first kappa shape index (κ1) is 22.1. The highest BCUT2D eigenvalue weighted by Crippen LogP contribution is 2.29. The number of benzene rings is 2. The normalized spacial score (nSPS) is 15.1. The molecule has 33 heavy (non-hydrogen) atoms. The highest BCUT2D eigenvalue weighted by atomic mass is 16.5. The number of aromatic nitrogens is 1. The van der Waals surface area contributed by atoms with Crippen LogP contribution in [0.15, 0.2) is 79.4 Å². The van der Waals surface area contributed by atoms with Crippen molar-refractivity contribution in [2.24, 2.45) is 0 Å². The van der Waals surface area contributed by atoms with E-state index < -0.39 is 0 Å². The van der Waals surface area contributed by atoms with Crippen molar-refractivity contribution in [3.05, 3.63) is 84.9 Å². The van der Waals surface area contributed by atoms with Gasteiger partial charge in [-0.2, -0.15) is 4.98 Å². The van der Waals surface area contributed by atoms with Gasteiger partial charge in [-0.05, 0) is 68.0 Å². The minimum absolute atomic E-state index is 0.0619. The van der Waals surface area contributed by atoms with Gasteiger partial charge >= 0.3 is 0 Å². The highest BCUT2D eigenvalue weighted by molar-refractivity contribution is 5.96. The van der Waals surface area contributed by atoms with Crippen LogP contribution < -0.4 is 14.8 Å². The first-order valence-corrected chi connectivity index (χ1v) is 10.7. The number of Topliss-reactive ketones (excluding diaryl/α,β-unsaturated/α-hetero) is 1. The van der Waals surface area contributed by atoms with Crippen LogP contribution in [0, 0.1) is 0 Å². The SMILES string of the molecule is C=CC(=O)N1CC[C@@H](Nc2ccc(C(C)=O)c(Oc3ccc(Oc4ccccc4)cc3)n2)C1. The summed E-state index contributed by atoms with van der Waals surface area (Å²) in [7, 11) is 0. The molecule has 1 amide bonds. The topological polar surface area (TPSA) is 80.8 Å². The number of amides is 1. The molecule has 3 aromatic rings. The van der Waals surface area contributed by atoms with Crippen LogP contribution in [0.25, 0.3) is 0 Å². The van der Waals surface area contributed by atoms with E-state index >= 15 is 0 Å². The maximum absolute atomic E-state index is 12.1. The van der Waals surface area contributed by atoms with Crippen molar-refractivity contribution in [2.45, 2.75) is 19.4 Å². The Morgan fingerprint density at radius 3 is 2.33 bits per heavy atom. The molecule has 0 saturated carbocycles. The van der Waals surface area contributed by atoms with E-state index in [2.05, 4.69) is 16.9 Å². The van der Waals surface area contributed by atoms with Gasteiger partial charge < -0.3 is 19.7 Å². The summed E-state index contributed by atoms with van der Waals surface area (Å²) < 4.78 is 11.8. The first-order valence-electron chi connectivity index (χ1n) is 10.7. The average Bonchev–Trinajstić information content (AvgIpc) is 3.29. The molecule has 2 heterocycles. The number of likely N-dealkylation sites (tertiary alicyclic amines) is 1. The summed E-state index contributed by atoms with van der Waals surface area (Å²) in [4.78, 5) is 30.2. The third kappa shape index (κ3) is 5.57. The van der Waals surface area contributed by atoms with Crippen LogP contribution in [0.5, 0.6) is 23.1 Å². The van der Waals surface area contributed by atoms with Gasteiger partial charge in [0.25, 0.3) is 0 Å². The molecule has 168 valence electrons. The number of ether oxygens (including phenoxy) is 2. The molecule has 2 aromatic carbocycles. The Morgan fingerprint density at radius 1 is 1.00 bits per heavy atom. The number of carbonyl (C=O) groups excluding carboxylic acids is 2. The summed E-state index contributed by atoms with van der Waals surface area (Å²) in [6.45, 7) is 6.24. The lowest BCUT2D eigenvalue weighted by molar-refractivity contribution is -0.125. The van der Waals surface area contributed by atoms with Gasteiger partial charge in [0, 0.05) is 19.1 Å². The molecule has 0 aliphatic carbocycles. The molecule has 4 rings (SSSR count). The lowest BCUT2D eigenvalue weighted by atomic mass is 10.2. The minimum atomic E-state index is -0.142. The number of ketones is 1. The molecule has 1 N–H and O–H groups in total. The number of anilines is 1. The van der Waals surface area contributed by atoms with Gasteiger partial charge in [0.15, 0.2) is 5.78 Å². The Bertz CT molecular complexity index is 1150. The predicted molar refractivity (Wildman–Crippen MR) is 126 cm³/mol. The molecule has 0 radical (unpaired) electrons. The van der Waals surface area contributed by atoms with Crippen LogP contribution in [0.4, 0.5) is 5.82 Å². The van der Waals surface area contributed by atoms with Crippen LogP contribution in [0.2, 0.25) is 0 Å². The van der Waals surface area contributed by atoms with E-state index in [4.69, 9.17) is 9.47 Å². The number of nitrogens with zero attached hydrogens (tertiary/aromatic N) is 2. The third-order valence-electron chi connectivity index (χ3n) is 5.28. The van der Waals surface area contributed by atoms with Crippen LogP contribution >= 0.6 is 0 Å². The fraction of sp³-hybridized carbons (Fsp3) is 0.192. The van der Waals surface area contributed by atoms with E-state index in [1.807, 2.05) is 30.3 Å². The van der Waals surface area contributed by atoms with Gasteiger partial charge in [-0.15, -0.1) is 0 Å². The summed E-state index contributed by atoms with van der Waals surface area (Å²) in [5.41, 5.74) is 0.389. The van der Waals surface area contributed by atoms with Gasteiger partial charge in [-0.3, -0.25) is 9.59 Å². The zero-order valence-corrected chi connectivity index (χ0v) is 18.4. The summed E-state index contributed by atoms with van der Waals surface area (Å²) in [6, 6.07) is 20.1. The molecule has 0 unspecified atom stereocenters. The van der Waals surface area contributed by atoms with Crippen molar-refractivity contribution in [3.63, 3.8) is 0 Å². The first-order chi connectivity index (χ1) is 16.0. The maximum atomic E-state index is 12.1. The van der Waals surface area contributed by atoms with Gasteiger partial charge in [-0.1, -0.05) is 24.8 Å². The van der Waals surface area contributed by atoms with Crippen LogP contribution in [-0.4, -0.2) is 40.7 Å². The monoisotopic (exact) mass is 443 g/mol. The van der Waals surface area contributed by atoms with Gasteiger partial charge in [-0.25, -0.2) is 0 Å². The number of rotatable bonds is 8. The van der Waals surface area contributed by atoms with E-state index in [0.717, 1.165) is 12.2 Å². The molecule has 1 aliphatic heterocycles. The zero-order chi connectivity index (χ0) is 23.2. The molecular weight excluding hydrogens is 418 g/mol. The summed E-state index contributed by atoms with van der Waals surface area (Å²) in [6.07, 6.45) is 2.12. The van der Waals surface area contributed by atoms with Crippen LogP contribution in [0.3, 0.4) is 0 Å². The van der Waals surface area contributed by atoms with E-state index in [1.165, 1.54) is 13.0 Å². The molecule has 0 spiro atoms. The Kier molecular flexibility index (Phi) is 6.69. The van der Waals surface area contributed by atoms with Crippen molar-refractivity contribution in [2.75, 3.05) is 18.4 Å². The van der Waals surface area contributed by atoms with Crippen molar-refractivity contribution in [1.82, 2.24) is 9.88 Å². The van der Waals surface area contributed by atoms with E-state index in [-0.39, 0.29) is 23.6 Å². The van der Waals surface area contributed by atoms with Crippen LogP contribution in [0.1, 0.15) is 23.7 Å². The average molecular weight is 444 g/mol. The molecule has 1 fully saturated rings. The third-order valence-corrected chi connectivity index (χ3v) is 5.28. The van der Waals surface area contributed by atoms with E-state index in [0.29, 0.717) is 36.0 Å². The molecule has 7 nitrogen and oxygen atoms in total. The maximum Gasteiger partial charge on any atom is 0.246 e. The fourth-order valence-electron chi connectivity index (χ4n) is 3.60. The number of nitrogens with one attached hydrogen (secondary N) is 1. The Morgan fingerprint density at radius 2 is 1.67 bits per heavy atom. The quantitative estimate of drug-likeness (QED) is 0.387. The molecule has 7 heteroatoms. The Labute approximate surface area is 192 Å². The van der Waals surface area contributed by atoms with Crippen molar-refractivity contribution in [3.8, 4) is 23.1 Å². The fourth-order valence-corrected chi connectivity index (χ4v) is 3.60. The second-order valence-corrected chi connectivity index (χ2v) is 7.71. The molecule has 1 saturated heterocycles. The number of carbonyl (C=O) groups is 2. The molecule has 1 atom stereocenters. The Balaban J connectivity index is 1.46. The van der Waals surface area contributed by atoms with Gasteiger partial charge in [0.05, 0.1) is 5.56 Å². The molecule has 1 aliphatic rings. The lowest BCUT2D eigenvalue weighted by Gasteiger charge is -2.17. The standard InChI is InChI=1S/C26H25N3O4/c1-3-25(31)29-16-15-19(17-29)27-24-14-13-23(18(2)30)26(28-24)33-22-11-9-21(10-12-22)32-20-7-5-4-6-8-20/h3-14,19H,1,15-17H2,2H3,(H,27,28)/t19-/m1/s1. The number of pyridine rings is 1. The highest BCUT2D eigenvalue weighted by Gasteiger charge is 2.25. The largest absolute Gasteiger partial charge is 0.457 e. The number of hydrogen-bond acceptors (Lipinski definition) is 6. The lowest BCUT2D eigenvalue weighted by Crippen LogP contribution is -2.30. The minimum Gasteiger partial charge on any atom is -0.457 e. The van der Waals surface area contributed by atoms with Gasteiger partial charge in [0.1, 0.15) is 23.1 Å². The Hall–Kier alpha value is -4.13. The van der Waals surface area contributed by atoms with Crippen molar-refractivity contribution < 1.29 is 19.1 Å². The molecular formula is C26H25N3O4. The second-order valence-electron chi connectivity index (χ2n) is 7.71. The zero-order valence-electron chi connectivity index (χ0n) is 18.4. The van der Waals surface area contributed by atoms with E-state index in [9.17, 15) is 9.59 Å². The summed E-state index contributed by atoms with van der Waals surface area (Å²) in [5, 5.41) is 3.33. The summed E-state index contributed by atoms with van der Waals surface area (Å²) in [5.74, 6) is 2.53. The smallest absolute Gasteiger partial charge is 0.246 e.